The first-order chi connectivity index (χ1) is 12.8. The molecule has 5 rings (SSSR count). The maximum atomic E-state index is 6.17. The number of anilines is 2. The average Bonchev–Trinajstić information content (AvgIpc) is 3.07. The molecule has 0 spiro atoms. The molecule has 2 aromatic heterocycles. The molecule has 3 heterocycles. The molecule has 1 aliphatic rings. The van der Waals surface area contributed by atoms with E-state index in [4.69, 9.17) is 11.6 Å². The molecule has 130 valence electrons. The van der Waals surface area contributed by atoms with Crippen LogP contribution in [0.15, 0.2) is 54.9 Å². The Balaban J connectivity index is 1.47. The summed E-state index contributed by atoms with van der Waals surface area (Å²) >= 11 is 6.17. The summed E-state index contributed by atoms with van der Waals surface area (Å²) < 4.78 is 0. The van der Waals surface area contributed by atoms with Gasteiger partial charge < -0.3 is 14.8 Å². The highest BCUT2D eigenvalue weighted by atomic mass is 35.5. The highest BCUT2D eigenvalue weighted by Crippen LogP contribution is 2.31. The lowest BCUT2D eigenvalue weighted by atomic mass is 10.2. The van der Waals surface area contributed by atoms with Gasteiger partial charge in [-0.2, -0.15) is 0 Å². The standard InChI is InChI=1S/C20H18ClN5/c21-14-6-7-17-16(12-14)18-19(24-17)20(23-13-22-18)26-10-8-25(9-11-26)15-4-2-1-3-5-15/h1-7,12-13,24H,8-11H2. The van der Waals surface area contributed by atoms with E-state index in [1.165, 1.54) is 5.69 Å². The zero-order valence-electron chi connectivity index (χ0n) is 14.2. The molecule has 0 radical (unpaired) electrons. The van der Waals surface area contributed by atoms with Gasteiger partial charge in [0.25, 0.3) is 0 Å². The fourth-order valence-corrected chi connectivity index (χ4v) is 3.88. The number of hydrogen-bond donors (Lipinski definition) is 1. The van der Waals surface area contributed by atoms with E-state index in [0.29, 0.717) is 0 Å². The van der Waals surface area contributed by atoms with E-state index in [2.05, 4.69) is 55.1 Å². The van der Waals surface area contributed by atoms with Crippen LogP contribution < -0.4 is 9.80 Å². The van der Waals surface area contributed by atoms with Crippen molar-refractivity contribution in [3.63, 3.8) is 0 Å². The number of nitrogens with zero attached hydrogens (tertiary/aromatic N) is 4. The zero-order valence-corrected chi connectivity index (χ0v) is 14.9. The largest absolute Gasteiger partial charge is 0.368 e. The summed E-state index contributed by atoms with van der Waals surface area (Å²) in [4.78, 5) is 17.3. The third-order valence-corrected chi connectivity index (χ3v) is 5.26. The third-order valence-electron chi connectivity index (χ3n) is 5.02. The highest BCUT2D eigenvalue weighted by Gasteiger charge is 2.21. The molecular weight excluding hydrogens is 346 g/mol. The van der Waals surface area contributed by atoms with Crippen LogP contribution in [0.5, 0.6) is 0 Å². The monoisotopic (exact) mass is 363 g/mol. The molecule has 1 saturated heterocycles. The SMILES string of the molecule is Clc1ccc2[nH]c3c(N4CCN(c5ccccc5)CC4)ncnc3c2c1. The second-order valence-corrected chi connectivity index (χ2v) is 6.98. The summed E-state index contributed by atoms with van der Waals surface area (Å²) in [6, 6.07) is 16.4. The number of aromatic nitrogens is 3. The first-order valence-corrected chi connectivity index (χ1v) is 9.14. The zero-order chi connectivity index (χ0) is 17.5. The van der Waals surface area contributed by atoms with Gasteiger partial charge in [-0.15, -0.1) is 0 Å². The number of benzene rings is 2. The van der Waals surface area contributed by atoms with Crippen molar-refractivity contribution in [2.75, 3.05) is 36.0 Å². The number of hydrogen-bond acceptors (Lipinski definition) is 4. The molecule has 1 fully saturated rings. The molecule has 2 aromatic carbocycles. The van der Waals surface area contributed by atoms with Crippen molar-refractivity contribution in [1.29, 1.82) is 0 Å². The Morgan fingerprint density at radius 3 is 2.46 bits per heavy atom. The predicted molar refractivity (Wildman–Crippen MR) is 107 cm³/mol. The van der Waals surface area contributed by atoms with Crippen molar-refractivity contribution in [2.45, 2.75) is 0 Å². The first kappa shape index (κ1) is 15.5. The molecule has 0 amide bonds. The molecule has 0 saturated carbocycles. The average molecular weight is 364 g/mol. The van der Waals surface area contributed by atoms with Crippen molar-refractivity contribution in [2.24, 2.45) is 0 Å². The number of rotatable bonds is 2. The van der Waals surface area contributed by atoms with Crippen LogP contribution in [0.1, 0.15) is 0 Å². The summed E-state index contributed by atoms with van der Waals surface area (Å²) in [5, 5.41) is 1.76. The Morgan fingerprint density at radius 1 is 0.885 bits per heavy atom. The Morgan fingerprint density at radius 2 is 1.65 bits per heavy atom. The fraction of sp³-hybridized carbons (Fsp3) is 0.200. The normalized spacial score (nSPS) is 15.1. The van der Waals surface area contributed by atoms with Gasteiger partial charge in [0.1, 0.15) is 17.4 Å². The minimum absolute atomic E-state index is 0.718. The molecule has 1 N–H and O–H groups in total. The maximum absolute atomic E-state index is 6.17. The van der Waals surface area contributed by atoms with Gasteiger partial charge in [-0.1, -0.05) is 29.8 Å². The summed E-state index contributed by atoms with van der Waals surface area (Å²) in [5.74, 6) is 0.968. The minimum Gasteiger partial charge on any atom is -0.368 e. The molecule has 4 aromatic rings. The molecule has 0 atom stereocenters. The van der Waals surface area contributed by atoms with Gasteiger partial charge in [0, 0.05) is 47.8 Å². The van der Waals surface area contributed by atoms with Gasteiger partial charge in [-0.05, 0) is 30.3 Å². The lowest BCUT2D eigenvalue weighted by molar-refractivity contribution is 0.648. The quantitative estimate of drug-likeness (QED) is 0.582. The van der Waals surface area contributed by atoms with Gasteiger partial charge in [-0.25, -0.2) is 9.97 Å². The van der Waals surface area contributed by atoms with E-state index in [9.17, 15) is 0 Å². The van der Waals surface area contributed by atoms with E-state index in [1.807, 2.05) is 18.2 Å². The number of H-pyrrole nitrogens is 1. The van der Waals surface area contributed by atoms with Gasteiger partial charge in [-0.3, -0.25) is 0 Å². The van der Waals surface area contributed by atoms with E-state index >= 15 is 0 Å². The molecule has 1 aliphatic heterocycles. The molecule has 26 heavy (non-hydrogen) atoms. The van der Waals surface area contributed by atoms with Crippen LogP contribution >= 0.6 is 11.6 Å². The van der Waals surface area contributed by atoms with Crippen LogP contribution in [0.4, 0.5) is 11.5 Å². The highest BCUT2D eigenvalue weighted by molar-refractivity contribution is 6.31. The van der Waals surface area contributed by atoms with Crippen molar-refractivity contribution in [3.8, 4) is 0 Å². The molecule has 0 unspecified atom stereocenters. The third kappa shape index (κ3) is 2.56. The Bertz CT molecular complexity index is 1070. The Hall–Kier alpha value is -2.79. The van der Waals surface area contributed by atoms with Gasteiger partial charge in [0.15, 0.2) is 5.82 Å². The van der Waals surface area contributed by atoms with Gasteiger partial charge >= 0.3 is 0 Å². The van der Waals surface area contributed by atoms with E-state index in [0.717, 1.165) is 59.0 Å². The van der Waals surface area contributed by atoms with Crippen LogP contribution in [-0.2, 0) is 0 Å². The second kappa shape index (κ2) is 6.18. The lowest BCUT2D eigenvalue weighted by Gasteiger charge is -2.36. The maximum Gasteiger partial charge on any atom is 0.156 e. The van der Waals surface area contributed by atoms with Gasteiger partial charge in [0.2, 0.25) is 0 Å². The summed E-state index contributed by atoms with van der Waals surface area (Å²) in [5.41, 5.74) is 4.23. The summed E-state index contributed by atoms with van der Waals surface area (Å²) in [6.45, 7) is 3.80. The second-order valence-electron chi connectivity index (χ2n) is 6.55. The van der Waals surface area contributed by atoms with Crippen molar-refractivity contribution in [3.05, 3.63) is 59.9 Å². The predicted octanol–water partition coefficient (Wildman–Crippen LogP) is 4.09. The first-order valence-electron chi connectivity index (χ1n) is 8.76. The van der Waals surface area contributed by atoms with Crippen LogP contribution in [0.2, 0.25) is 5.02 Å². The van der Waals surface area contributed by atoms with Crippen molar-refractivity contribution >= 4 is 45.0 Å². The molecule has 0 aliphatic carbocycles. The molecule has 0 bridgehead atoms. The lowest BCUT2D eigenvalue weighted by Crippen LogP contribution is -2.46. The number of para-hydroxylation sites is 1. The molecule has 5 nitrogen and oxygen atoms in total. The summed E-state index contributed by atoms with van der Waals surface area (Å²) in [7, 11) is 0. The number of nitrogens with one attached hydrogen (secondary N) is 1. The Labute approximate surface area is 156 Å². The van der Waals surface area contributed by atoms with Crippen LogP contribution in [-0.4, -0.2) is 41.1 Å². The van der Waals surface area contributed by atoms with Crippen molar-refractivity contribution < 1.29 is 0 Å². The minimum atomic E-state index is 0.718. The Kier molecular flexibility index (Phi) is 3.68. The van der Waals surface area contributed by atoms with Crippen molar-refractivity contribution in [1.82, 2.24) is 15.0 Å². The topological polar surface area (TPSA) is 48.1 Å². The van der Waals surface area contributed by atoms with Crippen LogP contribution in [0, 0.1) is 0 Å². The van der Waals surface area contributed by atoms with Crippen LogP contribution in [0.25, 0.3) is 21.9 Å². The van der Waals surface area contributed by atoms with Gasteiger partial charge in [0.05, 0.1) is 0 Å². The number of aromatic amines is 1. The summed E-state index contributed by atoms with van der Waals surface area (Å²) in [6.07, 6.45) is 1.65. The van der Waals surface area contributed by atoms with E-state index < -0.39 is 0 Å². The van der Waals surface area contributed by atoms with E-state index in [1.54, 1.807) is 6.33 Å². The van der Waals surface area contributed by atoms with E-state index in [-0.39, 0.29) is 0 Å². The molecule has 6 heteroatoms. The number of piperazine rings is 1. The number of fused-ring (bicyclic) bond motifs is 3. The fourth-order valence-electron chi connectivity index (χ4n) is 3.71. The van der Waals surface area contributed by atoms with Crippen LogP contribution in [0.3, 0.4) is 0 Å². The smallest absolute Gasteiger partial charge is 0.156 e. The molecular formula is C20H18ClN5. The number of halogens is 1.